The molecule has 0 spiro atoms. The van der Waals surface area contributed by atoms with Crippen LogP contribution in [0.3, 0.4) is 0 Å². The van der Waals surface area contributed by atoms with E-state index in [9.17, 15) is 0 Å². The van der Waals surface area contributed by atoms with Gasteiger partial charge in [0.05, 0.1) is 6.10 Å². The highest BCUT2D eigenvalue weighted by atomic mass is 16.5. The van der Waals surface area contributed by atoms with Crippen molar-refractivity contribution < 1.29 is 9.47 Å². The predicted molar refractivity (Wildman–Crippen MR) is 114 cm³/mol. The number of ether oxygens (including phenoxy) is 2. The summed E-state index contributed by atoms with van der Waals surface area (Å²) in [6.07, 6.45) is 7.27. The third-order valence-corrected chi connectivity index (χ3v) is 5.94. The van der Waals surface area contributed by atoms with Crippen LogP contribution in [0.4, 0.5) is 0 Å². The number of fused-ring (bicyclic) bond motifs is 1. The monoisotopic (exact) mass is 379 g/mol. The molecule has 0 radical (unpaired) electrons. The van der Waals surface area contributed by atoms with Crippen LogP contribution in [-0.2, 0) is 6.42 Å². The standard InChI is InChI=1S/C25H33NO2/c1-18(2)17-26-21-9-11-22(12-10-21)27-23-13-15-25-20(16-23)8-14-24(28-25)19-6-4-3-5-7-19/h3-7,13,15-16,18,21-22,24,26H,8-12,14,17H2,1-2H3/t21-,22-,24?. The van der Waals surface area contributed by atoms with Crippen LogP contribution < -0.4 is 14.8 Å². The van der Waals surface area contributed by atoms with Gasteiger partial charge in [-0.15, -0.1) is 0 Å². The molecule has 2 aliphatic rings. The lowest BCUT2D eigenvalue weighted by Crippen LogP contribution is -2.37. The Bertz CT molecular complexity index is 750. The smallest absolute Gasteiger partial charge is 0.124 e. The molecule has 0 bridgehead atoms. The zero-order chi connectivity index (χ0) is 19.3. The maximum Gasteiger partial charge on any atom is 0.124 e. The molecule has 28 heavy (non-hydrogen) atoms. The number of rotatable bonds is 6. The largest absolute Gasteiger partial charge is 0.490 e. The number of nitrogens with one attached hydrogen (secondary N) is 1. The van der Waals surface area contributed by atoms with E-state index >= 15 is 0 Å². The Kier molecular flexibility index (Phi) is 6.21. The summed E-state index contributed by atoms with van der Waals surface area (Å²) in [5.74, 6) is 2.72. The zero-order valence-electron chi connectivity index (χ0n) is 17.2. The lowest BCUT2D eigenvalue weighted by molar-refractivity contribution is 0.137. The molecule has 150 valence electrons. The van der Waals surface area contributed by atoms with Crippen LogP contribution >= 0.6 is 0 Å². The topological polar surface area (TPSA) is 30.5 Å². The van der Waals surface area contributed by atoms with Gasteiger partial charge in [-0.2, -0.15) is 0 Å². The molecule has 1 N–H and O–H groups in total. The zero-order valence-corrected chi connectivity index (χ0v) is 17.2. The average Bonchev–Trinajstić information content (AvgIpc) is 2.73. The van der Waals surface area contributed by atoms with Gasteiger partial charge in [0.2, 0.25) is 0 Å². The molecule has 1 aliphatic heterocycles. The van der Waals surface area contributed by atoms with E-state index in [1.807, 2.05) is 0 Å². The van der Waals surface area contributed by atoms with Crippen molar-refractivity contribution in [2.75, 3.05) is 6.54 Å². The average molecular weight is 380 g/mol. The van der Waals surface area contributed by atoms with Gasteiger partial charge in [0, 0.05) is 6.04 Å². The van der Waals surface area contributed by atoms with Crippen molar-refractivity contribution in [1.82, 2.24) is 5.32 Å². The number of aryl methyl sites for hydroxylation is 1. The Hall–Kier alpha value is -2.00. The van der Waals surface area contributed by atoms with Crippen LogP contribution in [0.2, 0.25) is 0 Å². The van der Waals surface area contributed by atoms with Gasteiger partial charge < -0.3 is 14.8 Å². The minimum absolute atomic E-state index is 0.161. The van der Waals surface area contributed by atoms with Crippen molar-refractivity contribution in [2.24, 2.45) is 5.92 Å². The fourth-order valence-electron chi connectivity index (χ4n) is 4.32. The van der Waals surface area contributed by atoms with Crippen molar-refractivity contribution >= 4 is 0 Å². The molecule has 1 atom stereocenters. The van der Waals surface area contributed by atoms with Crippen molar-refractivity contribution in [3.05, 3.63) is 59.7 Å². The van der Waals surface area contributed by atoms with Crippen LogP contribution in [0.15, 0.2) is 48.5 Å². The second-order valence-corrected chi connectivity index (χ2v) is 8.72. The van der Waals surface area contributed by atoms with Gasteiger partial charge in [0.1, 0.15) is 17.6 Å². The minimum atomic E-state index is 0.161. The summed E-state index contributed by atoms with van der Waals surface area (Å²) < 4.78 is 12.6. The van der Waals surface area contributed by atoms with Crippen LogP contribution in [0.1, 0.15) is 63.2 Å². The molecule has 0 aromatic heterocycles. The van der Waals surface area contributed by atoms with Gasteiger partial charge in [-0.05, 0) is 80.3 Å². The molecule has 2 aromatic rings. The summed E-state index contributed by atoms with van der Waals surface area (Å²) in [7, 11) is 0. The highest BCUT2D eigenvalue weighted by molar-refractivity contribution is 5.42. The van der Waals surface area contributed by atoms with E-state index in [0.29, 0.717) is 18.1 Å². The van der Waals surface area contributed by atoms with Crippen LogP contribution in [0, 0.1) is 5.92 Å². The molecule has 4 rings (SSSR count). The lowest BCUT2D eigenvalue weighted by Gasteiger charge is -2.31. The lowest BCUT2D eigenvalue weighted by atomic mass is 9.92. The maximum absolute atomic E-state index is 6.32. The quantitative estimate of drug-likeness (QED) is 0.699. The maximum atomic E-state index is 6.32. The third kappa shape index (κ3) is 4.88. The van der Waals surface area contributed by atoms with Gasteiger partial charge in [-0.25, -0.2) is 0 Å². The highest BCUT2D eigenvalue weighted by Crippen LogP contribution is 2.37. The fourth-order valence-corrected chi connectivity index (χ4v) is 4.32. The Balaban J connectivity index is 1.31. The highest BCUT2D eigenvalue weighted by Gasteiger charge is 2.24. The van der Waals surface area contributed by atoms with E-state index < -0.39 is 0 Å². The first-order valence-electron chi connectivity index (χ1n) is 10.9. The second-order valence-electron chi connectivity index (χ2n) is 8.72. The van der Waals surface area contributed by atoms with E-state index in [2.05, 4.69) is 67.7 Å². The van der Waals surface area contributed by atoms with Gasteiger partial charge in [0.25, 0.3) is 0 Å². The van der Waals surface area contributed by atoms with Gasteiger partial charge in [-0.1, -0.05) is 44.2 Å². The van der Waals surface area contributed by atoms with Gasteiger partial charge in [-0.3, -0.25) is 0 Å². The summed E-state index contributed by atoms with van der Waals surface area (Å²) in [6, 6.07) is 17.5. The molecule has 1 heterocycles. The molecule has 1 fully saturated rings. The van der Waals surface area contributed by atoms with E-state index in [4.69, 9.17) is 9.47 Å². The molecular formula is C25H33NO2. The molecule has 3 nitrogen and oxygen atoms in total. The molecule has 3 heteroatoms. The Morgan fingerprint density at radius 1 is 1.00 bits per heavy atom. The Morgan fingerprint density at radius 3 is 2.54 bits per heavy atom. The summed E-state index contributed by atoms with van der Waals surface area (Å²) in [6.45, 7) is 5.65. The molecule has 1 aliphatic carbocycles. The number of hydrogen-bond donors (Lipinski definition) is 1. The molecule has 1 saturated carbocycles. The van der Waals surface area contributed by atoms with E-state index in [-0.39, 0.29) is 6.10 Å². The normalized spacial score (nSPS) is 24.5. The van der Waals surface area contributed by atoms with Crippen LogP contribution in [0.5, 0.6) is 11.5 Å². The Labute approximate surface area is 169 Å². The minimum Gasteiger partial charge on any atom is -0.490 e. The fraction of sp³-hybridized carbons (Fsp3) is 0.520. The number of hydrogen-bond acceptors (Lipinski definition) is 3. The van der Waals surface area contributed by atoms with Crippen LogP contribution in [0.25, 0.3) is 0 Å². The van der Waals surface area contributed by atoms with Crippen LogP contribution in [-0.4, -0.2) is 18.7 Å². The van der Waals surface area contributed by atoms with Gasteiger partial charge >= 0.3 is 0 Å². The summed E-state index contributed by atoms with van der Waals surface area (Å²) in [4.78, 5) is 0. The van der Waals surface area contributed by atoms with E-state index in [1.165, 1.54) is 24.0 Å². The van der Waals surface area contributed by atoms with Crippen molar-refractivity contribution in [1.29, 1.82) is 0 Å². The third-order valence-electron chi connectivity index (χ3n) is 5.94. The van der Waals surface area contributed by atoms with Gasteiger partial charge in [0.15, 0.2) is 0 Å². The summed E-state index contributed by atoms with van der Waals surface area (Å²) in [5, 5.41) is 3.69. The first-order chi connectivity index (χ1) is 13.7. The van der Waals surface area contributed by atoms with E-state index in [0.717, 1.165) is 43.7 Å². The van der Waals surface area contributed by atoms with E-state index in [1.54, 1.807) is 0 Å². The summed E-state index contributed by atoms with van der Waals surface area (Å²) in [5.41, 5.74) is 2.54. The first-order valence-corrected chi connectivity index (χ1v) is 10.9. The molecule has 2 aromatic carbocycles. The first kappa shape index (κ1) is 19.3. The second kappa shape index (κ2) is 9.00. The summed E-state index contributed by atoms with van der Waals surface area (Å²) >= 11 is 0. The molecule has 0 saturated heterocycles. The molecule has 1 unspecified atom stereocenters. The molecule has 0 amide bonds. The van der Waals surface area contributed by atoms with Crippen molar-refractivity contribution in [3.8, 4) is 11.5 Å². The Morgan fingerprint density at radius 2 is 1.79 bits per heavy atom. The number of benzene rings is 2. The van der Waals surface area contributed by atoms with Crippen molar-refractivity contribution in [3.63, 3.8) is 0 Å². The molecular weight excluding hydrogens is 346 g/mol. The van der Waals surface area contributed by atoms with Crippen molar-refractivity contribution in [2.45, 2.75) is 70.6 Å². The SMILES string of the molecule is CC(C)CN[C@H]1CC[C@H](Oc2ccc3c(c2)CCC(c2ccccc2)O3)CC1. The predicted octanol–water partition coefficient (Wildman–Crippen LogP) is 5.69.